The Kier molecular flexibility index (Phi) is 4.41. The van der Waals surface area contributed by atoms with Crippen molar-refractivity contribution in [1.82, 2.24) is 5.32 Å². The molecule has 2 rings (SSSR count). The van der Waals surface area contributed by atoms with Gasteiger partial charge in [0.15, 0.2) is 0 Å². The zero-order valence-corrected chi connectivity index (χ0v) is 13.2. The molecule has 19 heavy (non-hydrogen) atoms. The Labute approximate surface area is 117 Å². The summed E-state index contributed by atoms with van der Waals surface area (Å²) >= 11 is 0. The minimum atomic E-state index is -2.85. The average molecular weight is 285 g/mol. The Morgan fingerprint density at radius 2 is 2.11 bits per heavy atom. The first-order valence-corrected chi connectivity index (χ1v) is 9.42. The molecule has 1 N–H and O–H groups in total. The fourth-order valence-corrected chi connectivity index (χ4v) is 4.84. The molecule has 1 fully saturated rings. The molecular formula is C15H27NO2S. The summed E-state index contributed by atoms with van der Waals surface area (Å²) in [5, 5.41) is 3.54. The maximum Gasteiger partial charge on any atom is 0.148 e. The topological polar surface area (TPSA) is 46.2 Å². The molecule has 0 saturated heterocycles. The maximum atomic E-state index is 11.4. The molecule has 0 amide bonds. The largest absolute Gasteiger partial charge is 0.316 e. The van der Waals surface area contributed by atoms with Crippen molar-refractivity contribution < 1.29 is 8.42 Å². The number of nitrogens with one attached hydrogen (secondary N) is 1. The number of hydrogen-bond donors (Lipinski definition) is 1. The van der Waals surface area contributed by atoms with Crippen LogP contribution in [0.4, 0.5) is 0 Å². The van der Waals surface area contributed by atoms with Gasteiger partial charge in [-0.05, 0) is 49.9 Å². The van der Waals surface area contributed by atoms with Crippen LogP contribution >= 0.6 is 0 Å². The van der Waals surface area contributed by atoms with E-state index in [4.69, 9.17) is 0 Å². The zero-order valence-electron chi connectivity index (χ0n) is 12.4. The van der Waals surface area contributed by atoms with Crippen molar-refractivity contribution in [1.29, 1.82) is 0 Å². The molecule has 0 heterocycles. The molecule has 0 aromatic rings. The summed E-state index contributed by atoms with van der Waals surface area (Å²) < 4.78 is 22.8. The summed E-state index contributed by atoms with van der Waals surface area (Å²) in [6.07, 6.45) is 8.31. The lowest BCUT2D eigenvalue weighted by Gasteiger charge is -2.29. The first kappa shape index (κ1) is 15.0. The predicted octanol–water partition coefficient (Wildman–Crippen LogP) is 2.39. The van der Waals surface area contributed by atoms with E-state index in [1.165, 1.54) is 24.7 Å². The van der Waals surface area contributed by atoms with Crippen molar-refractivity contribution in [2.24, 2.45) is 17.3 Å². The van der Waals surface area contributed by atoms with E-state index in [-0.39, 0.29) is 5.41 Å². The number of hydrogen-bond acceptors (Lipinski definition) is 3. The molecule has 2 aliphatic rings. The van der Waals surface area contributed by atoms with Crippen molar-refractivity contribution in [2.45, 2.75) is 39.5 Å². The molecule has 4 heteroatoms. The zero-order chi connectivity index (χ0) is 14.1. The Morgan fingerprint density at radius 3 is 2.63 bits per heavy atom. The molecule has 1 saturated carbocycles. The monoisotopic (exact) mass is 285 g/mol. The quantitative estimate of drug-likeness (QED) is 0.762. The lowest BCUT2D eigenvalue weighted by atomic mass is 9.80. The minimum Gasteiger partial charge on any atom is -0.316 e. The van der Waals surface area contributed by atoms with E-state index in [2.05, 4.69) is 25.2 Å². The van der Waals surface area contributed by atoms with Crippen LogP contribution in [0.15, 0.2) is 11.6 Å². The molecule has 2 atom stereocenters. The maximum absolute atomic E-state index is 11.4. The van der Waals surface area contributed by atoms with E-state index in [1.807, 2.05) is 0 Å². The fraction of sp³-hybridized carbons (Fsp3) is 0.867. The second-order valence-corrected chi connectivity index (χ2v) is 8.95. The molecule has 3 nitrogen and oxygen atoms in total. The Hall–Kier alpha value is -0.350. The molecule has 0 bridgehead atoms. The van der Waals surface area contributed by atoms with Crippen molar-refractivity contribution in [3.05, 3.63) is 11.6 Å². The van der Waals surface area contributed by atoms with Gasteiger partial charge in [0.2, 0.25) is 0 Å². The third-order valence-corrected chi connectivity index (χ3v) is 5.89. The van der Waals surface area contributed by atoms with Crippen molar-refractivity contribution in [3.63, 3.8) is 0 Å². The molecular weight excluding hydrogens is 258 g/mol. The van der Waals surface area contributed by atoms with Gasteiger partial charge in [0.1, 0.15) is 9.84 Å². The molecule has 0 spiro atoms. The van der Waals surface area contributed by atoms with Gasteiger partial charge in [-0.25, -0.2) is 8.42 Å². The standard InChI is InChI=1S/C15H27NO2S/c1-12-5-4-6-13(2)14(12)9-16-10-15(7-8-15)11-19(3,17)18/h5,13-14,16H,4,6-11H2,1-3H3/t13-,14+/m0/s1. The molecule has 0 aromatic carbocycles. The third kappa shape index (κ3) is 4.32. The molecule has 2 aliphatic carbocycles. The minimum absolute atomic E-state index is 0.0447. The van der Waals surface area contributed by atoms with Gasteiger partial charge in [-0.1, -0.05) is 18.6 Å². The summed E-state index contributed by atoms with van der Waals surface area (Å²) in [6, 6.07) is 0. The molecule has 0 unspecified atom stereocenters. The smallest absolute Gasteiger partial charge is 0.148 e. The molecule has 0 radical (unpaired) electrons. The summed E-state index contributed by atoms with van der Waals surface area (Å²) in [5.74, 6) is 1.72. The van der Waals surface area contributed by atoms with E-state index >= 15 is 0 Å². The van der Waals surface area contributed by atoms with Gasteiger partial charge in [0.05, 0.1) is 5.75 Å². The van der Waals surface area contributed by atoms with Gasteiger partial charge in [0, 0.05) is 19.3 Å². The van der Waals surface area contributed by atoms with E-state index < -0.39 is 9.84 Å². The van der Waals surface area contributed by atoms with Gasteiger partial charge in [-0.2, -0.15) is 0 Å². The lowest BCUT2D eigenvalue weighted by Crippen LogP contribution is -2.35. The molecule has 0 aromatic heterocycles. The SMILES string of the molecule is CC1=CCC[C@H](C)[C@@H]1CNCC1(CS(C)(=O)=O)CC1. The van der Waals surface area contributed by atoms with E-state index in [0.29, 0.717) is 11.7 Å². The van der Waals surface area contributed by atoms with Crippen LogP contribution < -0.4 is 5.32 Å². The van der Waals surface area contributed by atoms with Crippen LogP contribution in [-0.4, -0.2) is 33.5 Å². The van der Waals surface area contributed by atoms with Crippen LogP contribution in [0, 0.1) is 17.3 Å². The summed E-state index contributed by atoms with van der Waals surface area (Å²) in [6.45, 7) is 6.41. The van der Waals surface area contributed by atoms with E-state index in [1.54, 1.807) is 0 Å². The van der Waals surface area contributed by atoms with Gasteiger partial charge >= 0.3 is 0 Å². The van der Waals surface area contributed by atoms with Crippen molar-refractivity contribution in [2.75, 3.05) is 25.1 Å². The third-order valence-electron chi connectivity index (χ3n) is 4.75. The van der Waals surface area contributed by atoms with Gasteiger partial charge in [-0.15, -0.1) is 0 Å². The highest BCUT2D eigenvalue weighted by atomic mass is 32.2. The van der Waals surface area contributed by atoms with Crippen LogP contribution in [0.3, 0.4) is 0 Å². The molecule has 0 aliphatic heterocycles. The van der Waals surface area contributed by atoms with Crippen LogP contribution in [-0.2, 0) is 9.84 Å². The highest BCUT2D eigenvalue weighted by Gasteiger charge is 2.44. The lowest BCUT2D eigenvalue weighted by molar-refractivity contribution is 0.339. The normalized spacial score (nSPS) is 29.9. The van der Waals surface area contributed by atoms with Crippen molar-refractivity contribution in [3.8, 4) is 0 Å². The number of allylic oxidation sites excluding steroid dienone is 1. The van der Waals surface area contributed by atoms with Crippen LogP contribution in [0.25, 0.3) is 0 Å². The predicted molar refractivity (Wildman–Crippen MR) is 79.9 cm³/mol. The average Bonchev–Trinajstić information content (AvgIpc) is 3.00. The molecule has 110 valence electrons. The summed E-state index contributed by atoms with van der Waals surface area (Å²) in [7, 11) is -2.85. The van der Waals surface area contributed by atoms with Gasteiger partial charge < -0.3 is 5.32 Å². The Morgan fingerprint density at radius 1 is 1.42 bits per heavy atom. The van der Waals surface area contributed by atoms with Gasteiger partial charge in [0.25, 0.3) is 0 Å². The second-order valence-electron chi connectivity index (χ2n) is 6.81. The van der Waals surface area contributed by atoms with E-state index in [9.17, 15) is 8.42 Å². The number of sulfone groups is 1. The number of rotatable bonds is 6. The fourth-order valence-electron chi connectivity index (χ4n) is 3.34. The first-order valence-electron chi connectivity index (χ1n) is 7.36. The highest BCUT2D eigenvalue weighted by Crippen LogP contribution is 2.46. The Bertz CT molecular complexity index is 449. The van der Waals surface area contributed by atoms with Crippen LogP contribution in [0.1, 0.15) is 39.5 Å². The Balaban J connectivity index is 1.81. The van der Waals surface area contributed by atoms with Gasteiger partial charge in [-0.3, -0.25) is 0 Å². The van der Waals surface area contributed by atoms with Crippen LogP contribution in [0.5, 0.6) is 0 Å². The van der Waals surface area contributed by atoms with Crippen molar-refractivity contribution >= 4 is 9.84 Å². The summed E-state index contributed by atoms with van der Waals surface area (Å²) in [5.41, 5.74) is 1.54. The van der Waals surface area contributed by atoms with Crippen LogP contribution in [0.2, 0.25) is 0 Å². The second kappa shape index (κ2) is 5.57. The summed E-state index contributed by atoms with van der Waals surface area (Å²) in [4.78, 5) is 0. The first-order chi connectivity index (χ1) is 8.81. The van der Waals surface area contributed by atoms with E-state index in [0.717, 1.165) is 31.8 Å². The highest BCUT2D eigenvalue weighted by molar-refractivity contribution is 7.90.